The van der Waals surface area contributed by atoms with E-state index in [1.807, 2.05) is 30.3 Å². The summed E-state index contributed by atoms with van der Waals surface area (Å²) < 4.78 is 5.40. The predicted molar refractivity (Wildman–Crippen MR) is 123 cm³/mol. The summed E-state index contributed by atoms with van der Waals surface area (Å²) in [6.07, 6.45) is 14.7. The minimum Gasteiger partial charge on any atom is -0.465 e. The molecule has 0 bridgehead atoms. The van der Waals surface area contributed by atoms with Gasteiger partial charge in [0.2, 0.25) is 0 Å². The van der Waals surface area contributed by atoms with Crippen molar-refractivity contribution >= 4 is 5.97 Å². The number of rotatable bonds is 15. The summed E-state index contributed by atoms with van der Waals surface area (Å²) in [5.41, 5.74) is 3.37. The molecule has 2 aromatic rings. The van der Waals surface area contributed by atoms with Crippen LogP contribution in [0, 0.1) is 0 Å². The van der Waals surface area contributed by atoms with Crippen LogP contribution in [0.4, 0.5) is 0 Å². The van der Waals surface area contributed by atoms with E-state index in [2.05, 4.69) is 31.2 Å². The third kappa shape index (κ3) is 10.3. The van der Waals surface area contributed by atoms with E-state index >= 15 is 0 Å². The molecule has 2 nitrogen and oxygen atoms in total. The van der Waals surface area contributed by atoms with Crippen molar-refractivity contribution in [3.05, 3.63) is 60.2 Å². The Bertz CT molecular complexity index is 661. The van der Waals surface area contributed by atoms with Gasteiger partial charge in [0, 0.05) is 0 Å². The monoisotopic (exact) mass is 394 g/mol. The molecule has 0 fully saturated rings. The Labute approximate surface area is 177 Å². The molecular formula is C27H38O2. The molecule has 0 aliphatic rings. The van der Waals surface area contributed by atoms with Gasteiger partial charge in [-0.15, -0.1) is 0 Å². The first-order chi connectivity index (χ1) is 14.3. The maximum atomic E-state index is 12.0. The fraction of sp³-hybridized carbons (Fsp3) is 0.519. The summed E-state index contributed by atoms with van der Waals surface area (Å²) in [6, 6.07) is 18.5. The first-order valence-corrected chi connectivity index (χ1v) is 11.6. The molecule has 0 aromatic heterocycles. The lowest BCUT2D eigenvalue weighted by Gasteiger charge is -2.06. The second-order valence-electron chi connectivity index (χ2n) is 8.00. The highest BCUT2D eigenvalue weighted by Gasteiger charge is 2.05. The number of benzene rings is 2. The Morgan fingerprint density at radius 2 is 1.17 bits per heavy atom. The van der Waals surface area contributed by atoms with E-state index in [0.29, 0.717) is 13.0 Å². The third-order valence-corrected chi connectivity index (χ3v) is 5.42. The normalized spacial score (nSPS) is 10.8. The van der Waals surface area contributed by atoms with Gasteiger partial charge in [0.15, 0.2) is 0 Å². The number of esters is 1. The van der Waals surface area contributed by atoms with Crippen LogP contribution >= 0.6 is 0 Å². The lowest BCUT2D eigenvalue weighted by Crippen LogP contribution is -2.09. The van der Waals surface area contributed by atoms with Gasteiger partial charge in [-0.05, 0) is 23.1 Å². The highest BCUT2D eigenvalue weighted by Crippen LogP contribution is 2.19. The number of ether oxygens (including phenoxy) is 1. The molecule has 2 heteroatoms. The van der Waals surface area contributed by atoms with Crippen molar-refractivity contribution in [2.24, 2.45) is 0 Å². The van der Waals surface area contributed by atoms with E-state index in [-0.39, 0.29) is 5.97 Å². The van der Waals surface area contributed by atoms with E-state index in [4.69, 9.17) is 4.74 Å². The van der Waals surface area contributed by atoms with Crippen LogP contribution in [-0.4, -0.2) is 12.6 Å². The van der Waals surface area contributed by atoms with Gasteiger partial charge in [0.25, 0.3) is 0 Å². The smallest absolute Gasteiger partial charge is 0.310 e. The van der Waals surface area contributed by atoms with Crippen molar-refractivity contribution in [1.29, 1.82) is 0 Å². The van der Waals surface area contributed by atoms with Crippen molar-refractivity contribution in [3.63, 3.8) is 0 Å². The Kier molecular flexibility index (Phi) is 11.9. The average molecular weight is 395 g/mol. The molecule has 0 N–H and O–H groups in total. The van der Waals surface area contributed by atoms with Crippen LogP contribution < -0.4 is 0 Å². The number of unbranched alkanes of at least 4 members (excludes halogenated alkanes) is 10. The summed E-state index contributed by atoms with van der Waals surface area (Å²) in [6.45, 7) is 2.82. The molecule has 0 saturated heterocycles. The number of hydrogen-bond acceptors (Lipinski definition) is 2. The van der Waals surface area contributed by atoms with Crippen LogP contribution in [0.25, 0.3) is 11.1 Å². The highest BCUT2D eigenvalue weighted by molar-refractivity contribution is 5.73. The molecule has 2 aromatic carbocycles. The van der Waals surface area contributed by atoms with Gasteiger partial charge in [-0.25, -0.2) is 0 Å². The first kappa shape index (κ1) is 23.2. The molecular weight excluding hydrogens is 356 g/mol. The molecule has 0 amide bonds. The van der Waals surface area contributed by atoms with Crippen LogP contribution in [0.5, 0.6) is 0 Å². The van der Waals surface area contributed by atoms with Gasteiger partial charge in [0.1, 0.15) is 0 Å². The molecule has 0 unspecified atom stereocenters. The number of hydrogen-bond donors (Lipinski definition) is 0. The SMILES string of the molecule is CCCCCCCCCCCCCOC(=O)Cc1ccc(-c2ccccc2)cc1. The van der Waals surface area contributed by atoms with Crippen molar-refractivity contribution in [3.8, 4) is 11.1 Å². The molecule has 158 valence electrons. The van der Waals surface area contributed by atoms with Crippen molar-refractivity contribution in [2.45, 2.75) is 84.0 Å². The largest absolute Gasteiger partial charge is 0.465 e. The van der Waals surface area contributed by atoms with E-state index in [1.54, 1.807) is 0 Å². The molecule has 0 aliphatic heterocycles. The van der Waals surface area contributed by atoms with Crippen LogP contribution in [-0.2, 0) is 16.0 Å². The molecule has 0 radical (unpaired) electrons. The zero-order chi connectivity index (χ0) is 20.6. The average Bonchev–Trinajstić information content (AvgIpc) is 2.75. The van der Waals surface area contributed by atoms with Gasteiger partial charge in [-0.2, -0.15) is 0 Å². The Balaban J connectivity index is 1.49. The van der Waals surface area contributed by atoms with Gasteiger partial charge in [-0.1, -0.05) is 126 Å². The lowest BCUT2D eigenvalue weighted by atomic mass is 10.0. The zero-order valence-corrected chi connectivity index (χ0v) is 18.2. The van der Waals surface area contributed by atoms with Crippen LogP contribution in [0.2, 0.25) is 0 Å². The maximum absolute atomic E-state index is 12.0. The van der Waals surface area contributed by atoms with Crippen LogP contribution in [0.1, 0.15) is 83.1 Å². The lowest BCUT2D eigenvalue weighted by molar-refractivity contribution is -0.142. The van der Waals surface area contributed by atoms with Crippen molar-refractivity contribution < 1.29 is 9.53 Å². The fourth-order valence-electron chi connectivity index (χ4n) is 3.62. The second-order valence-corrected chi connectivity index (χ2v) is 8.00. The Hall–Kier alpha value is -2.09. The summed E-state index contributed by atoms with van der Waals surface area (Å²) in [4.78, 5) is 12.0. The molecule has 29 heavy (non-hydrogen) atoms. The van der Waals surface area contributed by atoms with Crippen molar-refractivity contribution in [1.82, 2.24) is 0 Å². The molecule has 2 rings (SSSR count). The van der Waals surface area contributed by atoms with E-state index in [1.165, 1.54) is 68.9 Å². The summed E-state index contributed by atoms with van der Waals surface area (Å²) in [5.74, 6) is -0.121. The van der Waals surface area contributed by atoms with E-state index < -0.39 is 0 Å². The van der Waals surface area contributed by atoms with E-state index in [9.17, 15) is 4.79 Å². The maximum Gasteiger partial charge on any atom is 0.310 e. The van der Waals surface area contributed by atoms with Crippen molar-refractivity contribution in [2.75, 3.05) is 6.61 Å². The molecule has 0 aliphatic carbocycles. The molecule has 0 heterocycles. The minimum atomic E-state index is -0.121. The number of carbonyl (C=O) groups excluding carboxylic acids is 1. The summed E-state index contributed by atoms with van der Waals surface area (Å²) >= 11 is 0. The minimum absolute atomic E-state index is 0.121. The predicted octanol–water partition coefficient (Wildman–Crippen LogP) is 7.75. The summed E-state index contributed by atoms with van der Waals surface area (Å²) in [5, 5.41) is 0. The second kappa shape index (κ2) is 14.8. The molecule has 0 atom stereocenters. The standard InChI is InChI=1S/C27H38O2/c1-2-3-4-5-6-7-8-9-10-11-15-22-29-27(28)23-24-18-20-26(21-19-24)25-16-13-12-14-17-25/h12-14,16-21H,2-11,15,22-23H2,1H3. The quantitative estimate of drug-likeness (QED) is 0.228. The topological polar surface area (TPSA) is 26.3 Å². The Morgan fingerprint density at radius 3 is 1.76 bits per heavy atom. The van der Waals surface area contributed by atoms with Gasteiger partial charge >= 0.3 is 5.97 Å². The van der Waals surface area contributed by atoms with Gasteiger partial charge in [-0.3, -0.25) is 4.79 Å². The zero-order valence-electron chi connectivity index (χ0n) is 18.2. The molecule has 0 saturated carbocycles. The highest BCUT2D eigenvalue weighted by atomic mass is 16.5. The molecule has 0 spiro atoms. The number of carbonyl (C=O) groups is 1. The van der Waals surface area contributed by atoms with Crippen LogP contribution in [0.3, 0.4) is 0 Å². The van der Waals surface area contributed by atoms with E-state index in [0.717, 1.165) is 18.4 Å². The first-order valence-electron chi connectivity index (χ1n) is 11.6. The van der Waals surface area contributed by atoms with Gasteiger partial charge in [0.05, 0.1) is 13.0 Å². The fourth-order valence-corrected chi connectivity index (χ4v) is 3.62. The Morgan fingerprint density at radius 1 is 0.655 bits per heavy atom. The third-order valence-electron chi connectivity index (χ3n) is 5.42. The van der Waals surface area contributed by atoms with Gasteiger partial charge < -0.3 is 4.74 Å². The summed E-state index contributed by atoms with van der Waals surface area (Å²) in [7, 11) is 0. The van der Waals surface area contributed by atoms with Crippen LogP contribution in [0.15, 0.2) is 54.6 Å².